The lowest BCUT2D eigenvalue weighted by Gasteiger charge is -2.44. The molecule has 0 bridgehead atoms. The Hall–Kier alpha value is -3.24. The van der Waals surface area contributed by atoms with Gasteiger partial charge >= 0.3 is 0 Å². The van der Waals surface area contributed by atoms with E-state index in [1.165, 1.54) is 42.3 Å². The minimum Gasteiger partial charge on any atom is -0.388 e. The number of piperidine rings is 2. The average Bonchev–Trinajstić information content (AvgIpc) is 3.60. The van der Waals surface area contributed by atoms with Gasteiger partial charge in [0, 0.05) is 50.5 Å². The fourth-order valence-electron chi connectivity index (χ4n) is 6.98. The molecular weight excluding hydrogens is 520 g/mol. The first kappa shape index (κ1) is 26.6. The number of amides is 1. The van der Waals surface area contributed by atoms with Gasteiger partial charge in [-0.05, 0) is 81.0 Å². The van der Waals surface area contributed by atoms with Crippen LogP contribution in [0.25, 0.3) is 16.7 Å². The van der Waals surface area contributed by atoms with Crippen molar-refractivity contribution < 1.29 is 14.6 Å². The smallest absolute Gasteiger partial charge is 0.264 e. The Bertz CT molecular complexity index is 1480. The number of benzene rings is 1. The minimum absolute atomic E-state index is 0.151. The Morgan fingerprint density at radius 1 is 0.927 bits per heavy atom. The number of carbonyl (C=O) groups excluding carboxylic acids is 1. The van der Waals surface area contributed by atoms with Crippen LogP contribution in [-0.2, 0) is 16.1 Å². The van der Waals surface area contributed by atoms with Crippen molar-refractivity contribution in [2.75, 3.05) is 44.3 Å². The Morgan fingerprint density at radius 3 is 2.24 bits per heavy atom. The van der Waals surface area contributed by atoms with E-state index in [9.17, 15) is 14.7 Å². The molecule has 218 valence electrons. The van der Waals surface area contributed by atoms with E-state index in [2.05, 4.69) is 27.1 Å². The number of aliphatic hydroxyl groups is 1. The third-order valence-corrected chi connectivity index (χ3v) is 10.4. The van der Waals surface area contributed by atoms with Gasteiger partial charge in [-0.1, -0.05) is 6.92 Å². The van der Waals surface area contributed by atoms with Crippen molar-refractivity contribution in [3.63, 3.8) is 0 Å². The molecule has 7 rings (SSSR count). The lowest BCUT2D eigenvalue weighted by molar-refractivity contribution is -0.141. The van der Waals surface area contributed by atoms with Gasteiger partial charge in [-0.25, -0.2) is 9.67 Å². The van der Waals surface area contributed by atoms with Crippen molar-refractivity contribution in [2.24, 2.45) is 10.8 Å². The van der Waals surface area contributed by atoms with Crippen molar-refractivity contribution in [1.82, 2.24) is 24.2 Å². The van der Waals surface area contributed by atoms with Crippen molar-refractivity contribution in [3.05, 3.63) is 47.1 Å². The van der Waals surface area contributed by atoms with Crippen LogP contribution in [0.4, 0.5) is 5.69 Å². The zero-order valence-corrected chi connectivity index (χ0v) is 23.9. The van der Waals surface area contributed by atoms with E-state index in [0.29, 0.717) is 42.4 Å². The predicted molar refractivity (Wildman–Crippen MR) is 155 cm³/mol. The zero-order chi connectivity index (χ0) is 28.2. The molecule has 4 aliphatic rings. The highest BCUT2D eigenvalue weighted by Crippen LogP contribution is 2.47. The molecule has 4 fully saturated rings. The third kappa shape index (κ3) is 4.95. The monoisotopic (exact) mass is 560 g/mol. The van der Waals surface area contributed by atoms with Gasteiger partial charge in [0.05, 0.1) is 24.0 Å². The molecule has 0 unspecified atom stereocenters. The number of carbonyl (C=O) groups is 1. The van der Waals surface area contributed by atoms with Crippen molar-refractivity contribution in [1.29, 1.82) is 0 Å². The maximum atomic E-state index is 13.4. The van der Waals surface area contributed by atoms with Gasteiger partial charge in [-0.15, -0.1) is 0 Å². The van der Waals surface area contributed by atoms with Crippen molar-refractivity contribution in [3.8, 4) is 5.69 Å². The van der Waals surface area contributed by atoms with Crippen LogP contribution >= 0.6 is 0 Å². The van der Waals surface area contributed by atoms with Gasteiger partial charge in [0.15, 0.2) is 5.65 Å². The molecule has 10 nitrogen and oxygen atoms in total. The summed E-state index contributed by atoms with van der Waals surface area (Å²) >= 11 is 0. The van der Waals surface area contributed by atoms with Crippen LogP contribution in [0.15, 0.2) is 41.6 Å². The summed E-state index contributed by atoms with van der Waals surface area (Å²) in [6.45, 7) is 7.10. The lowest BCUT2D eigenvalue weighted by Crippen LogP contribution is -2.51. The number of rotatable bonds is 5. The highest BCUT2D eigenvalue weighted by Gasteiger charge is 2.48. The van der Waals surface area contributed by atoms with Crippen LogP contribution in [0.1, 0.15) is 58.3 Å². The summed E-state index contributed by atoms with van der Waals surface area (Å²) in [5.74, 6) is 0.194. The fraction of sp³-hybridized carbons (Fsp3) is 0.613. The number of likely N-dealkylation sites (tertiary alicyclic amines) is 1. The van der Waals surface area contributed by atoms with E-state index in [4.69, 9.17) is 4.74 Å². The molecule has 2 aromatic heterocycles. The van der Waals surface area contributed by atoms with Gasteiger partial charge in [0.2, 0.25) is 5.91 Å². The molecule has 41 heavy (non-hydrogen) atoms. The van der Waals surface area contributed by atoms with Gasteiger partial charge < -0.3 is 19.6 Å². The summed E-state index contributed by atoms with van der Waals surface area (Å²) in [6, 6.07) is 8.33. The first-order valence-electron chi connectivity index (χ1n) is 15.1. The second-order valence-corrected chi connectivity index (χ2v) is 13.2. The molecule has 1 aliphatic carbocycles. The van der Waals surface area contributed by atoms with E-state index in [1.54, 1.807) is 10.9 Å². The van der Waals surface area contributed by atoms with Gasteiger partial charge in [-0.2, -0.15) is 5.10 Å². The minimum atomic E-state index is -1.05. The Morgan fingerprint density at radius 2 is 1.59 bits per heavy atom. The van der Waals surface area contributed by atoms with E-state index >= 15 is 0 Å². The molecule has 3 aromatic rings. The Kier molecular flexibility index (Phi) is 6.46. The number of anilines is 1. The van der Waals surface area contributed by atoms with Crippen molar-refractivity contribution >= 4 is 22.6 Å². The first-order chi connectivity index (χ1) is 19.8. The number of fused-ring (bicyclic) bond motifs is 1. The van der Waals surface area contributed by atoms with Crippen LogP contribution in [0.5, 0.6) is 0 Å². The number of hydrogen-bond acceptors (Lipinski definition) is 7. The zero-order valence-electron chi connectivity index (χ0n) is 23.9. The fourth-order valence-corrected chi connectivity index (χ4v) is 6.98. The van der Waals surface area contributed by atoms with Crippen LogP contribution in [0, 0.1) is 10.8 Å². The Balaban J connectivity index is 1.03. The maximum Gasteiger partial charge on any atom is 0.264 e. The molecule has 1 amide bonds. The summed E-state index contributed by atoms with van der Waals surface area (Å²) in [5.41, 5.74) is 1.55. The molecule has 1 aromatic carbocycles. The molecule has 1 spiro atoms. The van der Waals surface area contributed by atoms with E-state index in [-0.39, 0.29) is 23.4 Å². The SMILES string of the molecule is CC1(C(=O)N2CCC(O)(Cn3cnc4c(cnn4-c4ccc(N5CCC6(CCOCC6)CC5)cc4)c3=O)CC2)CC1. The number of hydrogen-bond donors (Lipinski definition) is 1. The maximum absolute atomic E-state index is 13.4. The van der Waals surface area contributed by atoms with E-state index in [1.807, 2.05) is 24.0 Å². The number of ether oxygens (including phenoxy) is 1. The highest BCUT2D eigenvalue weighted by atomic mass is 16.5. The molecule has 10 heteroatoms. The molecule has 1 saturated carbocycles. The van der Waals surface area contributed by atoms with E-state index < -0.39 is 5.60 Å². The molecule has 3 aliphatic heterocycles. The van der Waals surface area contributed by atoms with Gasteiger partial charge in [0.1, 0.15) is 11.7 Å². The topological polar surface area (TPSA) is 106 Å². The summed E-state index contributed by atoms with van der Waals surface area (Å²) in [6.07, 6.45) is 10.6. The van der Waals surface area contributed by atoms with Crippen LogP contribution in [-0.4, -0.2) is 80.2 Å². The van der Waals surface area contributed by atoms with Gasteiger partial charge in [0.25, 0.3) is 5.56 Å². The standard InChI is InChI=1S/C31H40N6O4/c1-29(6-7-29)28(39)35-16-10-31(40,11-17-35)21-36-22-32-26-25(27(36)38)20-33-37(26)24-4-2-23(3-5-24)34-14-8-30(9-15-34)12-18-41-19-13-30/h2-5,20,22,40H,6-19,21H2,1H3. The second-order valence-electron chi connectivity index (χ2n) is 13.2. The molecule has 0 radical (unpaired) electrons. The lowest BCUT2D eigenvalue weighted by atomic mass is 9.72. The highest BCUT2D eigenvalue weighted by molar-refractivity contribution is 5.85. The second kappa shape index (κ2) is 9.94. The summed E-state index contributed by atoms with van der Waals surface area (Å²) in [7, 11) is 0. The first-order valence-corrected chi connectivity index (χ1v) is 15.1. The molecular formula is C31H40N6O4. The quantitative estimate of drug-likeness (QED) is 0.511. The van der Waals surface area contributed by atoms with E-state index in [0.717, 1.165) is 44.8 Å². The largest absolute Gasteiger partial charge is 0.388 e. The third-order valence-electron chi connectivity index (χ3n) is 10.4. The normalized spacial score (nSPS) is 23.2. The molecule has 5 heterocycles. The summed E-state index contributed by atoms with van der Waals surface area (Å²) in [4.78, 5) is 35.0. The van der Waals surface area contributed by atoms with Crippen LogP contribution in [0.2, 0.25) is 0 Å². The van der Waals surface area contributed by atoms with Gasteiger partial charge in [-0.3, -0.25) is 14.2 Å². The predicted octanol–water partition coefficient (Wildman–Crippen LogP) is 3.13. The molecule has 3 saturated heterocycles. The summed E-state index contributed by atoms with van der Waals surface area (Å²) < 4.78 is 8.78. The van der Waals surface area contributed by atoms with Crippen LogP contribution in [0.3, 0.4) is 0 Å². The Labute approximate surface area is 239 Å². The molecule has 0 atom stereocenters. The van der Waals surface area contributed by atoms with Crippen molar-refractivity contribution in [2.45, 2.75) is 70.4 Å². The molecule has 1 N–H and O–H groups in total. The van der Waals surface area contributed by atoms with Crippen LogP contribution < -0.4 is 10.5 Å². The summed E-state index contributed by atoms with van der Waals surface area (Å²) in [5, 5.41) is 16.2. The average molecular weight is 561 g/mol. The number of aromatic nitrogens is 4. The number of nitrogens with zero attached hydrogens (tertiary/aromatic N) is 6.